The van der Waals surface area contributed by atoms with Crippen LogP contribution in [0.4, 0.5) is 30.8 Å². The van der Waals surface area contributed by atoms with Gasteiger partial charge in [0.25, 0.3) is 0 Å². The van der Waals surface area contributed by atoms with Crippen LogP contribution < -0.4 is 10.6 Å². The molecule has 0 amide bonds. The van der Waals surface area contributed by atoms with Crippen molar-refractivity contribution < 1.29 is 23.0 Å². The largest absolute Gasteiger partial charge is 0.421 e. The quantitative estimate of drug-likeness (QED) is 0.713. The Bertz CT molecular complexity index is 882. The van der Waals surface area contributed by atoms with E-state index in [-0.39, 0.29) is 17.8 Å². The molecule has 2 atom stereocenters. The van der Waals surface area contributed by atoms with Gasteiger partial charge in [-0.25, -0.2) is 9.67 Å². The van der Waals surface area contributed by atoms with E-state index in [4.69, 9.17) is 4.74 Å². The lowest BCUT2D eigenvalue weighted by molar-refractivity contribution is -0.137. The lowest BCUT2D eigenvalue weighted by atomic mass is 9.85. The van der Waals surface area contributed by atoms with Crippen molar-refractivity contribution in [3.8, 4) is 0 Å². The van der Waals surface area contributed by atoms with E-state index in [1.165, 1.54) is 7.05 Å². The van der Waals surface area contributed by atoms with Crippen molar-refractivity contribution in [1.29, 1.82) is 0 Å². The first-order valence-electron chi connectivity index (χ1n) is 9.01. The molecular weight excluding hydrogens is 377 g/mol. The normalized spacial score (nSPS) is 25.1. The minimum Gasteiger partial charge on any atom is -0.372 e. The van der Waals surface area contributed by atoms with Crippen molar-refractivity contribution >= 4 is 17.6 Å². The number of anilines is 3. The summed E-state index contributed by atoms with van der Waals surface area (Å²) >= 11 is 0. The molecule has 11 heteroatoms. The molecule has 1 saturated heterocycles. The second kappa shape index (κ2) is 6.59. The van der Waals surface area contributed by atoms with Crippen LogP contribution in [-0.2, 0) is 16.3 Å². The minimum atomic E-state index is -4.55. The van der Waals surface area contributed by atoms with Gasteiger partial charge in [0, 0.05) is 19.3 Å². The van der Waals surface area contributed by atoms with Crippen LogP contribution in [0.1, 0.15) is 43.5 Å². The molecule has 1 aliphatic carbocycles. The summed E-state index contributed by atoms with van der Waals surface area (Å²) in [6, 6.07) is 1.98. The number of alkyl halides is 3. The second-order valence-electron chi connectivity index (χ2n) is 7.31. The summed E-state index contributed by atoms with van der Waals surface area (Å²) in [5.41, 5.74) is -0.920. The van der Waals surface area contributed by atoms with Gasteiger partial charge in [0.05, 0.1) is 23.8 Å². The predicted octanol–water partition coefficient (Wildman–Crippen LogP) is 2.81. The minimum absolute atomic E-state index is 0.0269. The van der Waals surface area contributed by atoms with Crippen molar-refractivity contribution in [3.63, 3.8) is 0 Å². The Labute approximate surface area is 159 Å². The van der Waals surface area contributed by atoms with Gasteiger partial charge in [-0.15, -0.1) is 0 Å². The van der Waals surface area contributed by atoms with E-state index in [0.29, 0.717) is 24.5 Å². The molecule has 0 bridgehead atoms. The Morgan fingerprint density at radius 1 is 1.36 bits per heavy atom. The Hall–Kier alpha value is -2.40. The number of aromatic nitrogens is 4. The number of hydrogen-bond donors (Lipinski definition) is 3. The zero-order valence-corrected chi connectivity index (χ0v) is 15.4. The van der Waals surface area contributed by atoms with E-state index >= 15 is 0 Å². The molecule has 28 heavy (non-hydrogen) atoms. The summed E-state index contributed by atoms with van der Waals surface area (Å²) in [4.78, 5) is 7.76. The summed E-state index contributed by atoms with van der Waals surface area (Å²) < 4.78 is 46.2. The van der Waals surface area contributed by atoms with E-state index in [1.54, 1.807) is 10.7 Å². The number of halogens is 3. The smallest absolute Gasteiger partial charge is 0.372 e. The van der Waals surface area contributed by atoms with Gasteiger partial charge < -0.3 is 20.5 Å². The number of nitrogens with zero attached hydrogens (tertiary/aromatic N) is 4. The van der Waals surface area contributed by atoms with E-state index in [0.717, 1.165) is 19.0 Å². The van der Waals surface area contributed by atoms with Crippen LogP contribution in [-0.4, -0.2) is 44.8 Å². The summed E-state index contributed by atoms with van der Waals surface area (Å²) in [5, 5.41) is 20.3. The molecule has 2 aromatic heterocycles. The van der Waals surface area contributed by atoms with Crippen LogP contribution in [0.5, 0.6) is 0 Å². The maximum atomic E-state index is 13.0. The van der Waals surface area contributed by atoms with Gasteiger partial charge >= 0.3 is 6.18 Å². The maximum absolute atomic E-state index is 13.0. The molecule has 1 unspecified atom stereocenters. The number of rotatable bonds is 5. The summed E-state index contributed by atoms with van der Waals surface area (Å²) in [6.45, 7) is 2.31. The van der Waals surface area contributed by atoms with Gasteiger partial charge in [-0.05, 0) is 26.2 Å². The number of aliphatic hydroxyl groups excluding tert-OH is 1. The molecule has 2 aromatic rings. The fourth-order valence-electron chi connectivity index (χ4n) is 3.26. The first kappa shape index (κ1) is 18.9. The molecule has 2 aliphatic rings. The topological polar surface area (TPSA) is 97.1 Å². The molecule has 3 N–H and O–H groups in total. The van der Waals surface area contributed by atoms with Crippen LogP contribution >= 0.6 is 0 Å². The zero-order chi connectivity index (χ0) is 20.1. The highest BCUT2D eigenvalue weighted by Crippen LogP contribution is 2.42. The van der Waals surface area contributed by atoms with Crippen LogP contribution in [0.3, 0.4) is 0 Å². The monoisotopic (exact) mass is 398 g/mol. The highest BCUT2D eigenvalue weighted by Gasteiger charge is 2.44. The maximum Gasteiger partial charge on any atom is 0.421 e. The molecule has 8 nitrogen and oxygen atoms in total. The first-order chi connectivity index (χ1) is 13.2. The second-order valence-corrected chi connectivity index (χ2v) is 7.31. The van der Waals surface area contributed by atoms with Gasteiger partial charge in [0.1, 0.15) is 17.2 Å². The third-order valence-electron chi connectivity index (χ3n) is 5.23. The lowest BCUT2D eigenvalue weighted by Crippen LogP contribution is -2.32. The number of ether oxygens (including phenoxy) is 1. The lowest BCUT2D eigenvalue weighted by Gasteiger charge is -2.23. The molecule has 0 spiro atoms. The fourth-order valence-corrected chi connectivity index (χ4v) is 3.26. The van der Waals surface area contributed by atoms with Gasteiger partial charge in [-0.3, -0.25) is 0 Å². The van der Waals surface area contributed by atoms with Gasteiger partial charge in [-0.2, -0.15) is 23.3 Å². The summed E-state index contributed by atoms with van der Waals surface area (Å²) in [5.74, 6) is 0.285. The number of aliphatic hydroxyl groups is 1. The number of nitrogens with one attached hydrogen (secondary N) is 2. The van der Waals surface area contributed by atoms with Gasteiger partial charge in [0.2, 0.25) is 5.95 Å². The zero-order valence-electron chi connectivity index (χ0n) is 15.4. The van der Waals surface area contributed by atoms with E-state index in [1.807, 2.05) is 6.92 Å². The van der Waals surface area contributed by atoms with Crippen LogP contribution in [0.2, 0.25) is 0 Å². The molecule has 4 rings (SSSR count). The molecule has 0 aromatic carbocycles. The molecule has 3 heterocycles. The summed E-state index contributed by atoms with van der Waals surface area (Å²) in [7, 11) is 1.37. The van der Waals surface area contributed by atoms with Crippen LogP contribution in [0, 0.1) is 0 Å². The first-order valence-corrected chi connectivity index (χ1v) is 9.01. The van der Waals surface area contributed by atoms with E-state index in [9.17, 15) is 18.3 Å². The molecule has 152 valence electrons. The Balaban J connectivity index is 1.66. The average Bonchev–Trinajstić information content (AvgIpc) is 3.31. The van der Waals surface area contributed by atoms with Crippen molar-refractivity contribution in [2.75, 3.05) is 24.3 Å². The highest BCUT2D eigenvalue weighted by molar-refractivity contribution is 5.55. The Morgan fingerprint density at radius 2 is 2.11 bits per heavy atom. The summed E-state index contributed by atoms with van der Waals surface area (Å²) in [6.07, 6.45) is -2.22. The van der Waals surface area contributed by atoms with Crippen LogP contribution in [0.15, 0.2) is 12.3 Å². The molecular formula is C17H21F3N6O2. The highest BCUT2D eigenvalue weighted by atomic mass is 19.4. The van der Waals surface area contributed by atoms with Gasteiger partial charge in [-0.1, -0.05) is 0 Å². The average molecular weight is 398 g/mol. The standard InChI is InChI=1S/C17H21F3N6O2/c1-16(5-6-28-14(16)27)11-7-12(26(25-11)9-3-4-9)23-15-22-8-10(17(18,19)20)13(21-2)24-15/h7-9,14,27H,3-6H2,1-2H3,(H2,21,22,23,24)/t14?,16-/m0/s1. The number of hydrogen-bond acceptors (Lipinski definition) is 7. The SMILES string of the molecule is CNc1nc(Nc2cc([C@]3(C)CCOC3O)nn2C2CC2)ncc1C(F)(F)F. The van der Waals surface area contributed by atoms with E-state index < -0.39 is 23.4 Å². The van der Waals surface area contributed by atoms with Crippen molar-refractivity contribution in [3.05, 3.63) is 23.5 Å². The van der Waals surface area contributed by atoms with E-state index in [2.05, 4.69) is 25.7 Å². The van der Waals surface area contributed by atoms with Crippen LogP contribution in [0.25, 0.3) is 0 Å². The Kier molecular flexibility index (Phi) is 4.46. The predicted molar refractivity (Wildman–Crippen MR) is 94.3 cm³/mol. The molecule has 0 radical (unpaired) electrons. The van der Waals surface area contributed by atoms with Gasteiger partial charge in [0.15, 0.2) is 6.29 Å². The molecule has 1 aliphatic heterocycles. The molecule has 1 saturated carbocycles. The van der Waals surface area contributed by atoms with Crippen molar-refractivity contribution in [2.24, 2.45) is 0 Å². The Morgan fingerprint density at radius 3 is 2.68 bits per heavy atom. The fraction of sp³-hybridized carbons (Fsp3) is 0.588. The molecule has 2 fully saturated rings. The van der Waals surface area contributed by atoms with Crippen molar-refractivity contribution in [1.82, 2.24) is 19.7 Å². The van der Waals surface area contributed by atoms with Crippen molar-refractivity contribution in [2.45, 2.75) is 50.1 Å². The third-order valence-corrected chi connectivity index (χ3v) is 5.23. The third kappa shape index (κ3) is 3.28.